The standard InChI is InChI=1S/C23H17F2N5O/c1-3-14-17(24)6-5-12-9-13(26)10-15(18(12)14)20-19(25)21-16(11-27-23(29-21)31-2)22(28-20)30-7-4-8-30/h1,5-6,9-11H,4,7-8,26H2,2H3. The lowest BCUT2D eigenvalue weighted by Crippen LogP contribution is -2.38. The molecule has 1 aliphatic rings. The molecule has 4 aromatic rings. The molecule has 0 aliphatic carbocycles. The molecule has 154 valence electrons. The number of benzene rings is 2. The lowest BCUT2D eigenvalue weighted by atomic mass is 9.95. The molecule has 0 saturated carbocycles. The Kier molecular flexibility index (Phi) is 4.33. The number of terminal acetylenes is 1. The van der Waals surface area contributed by atoms with Crippen LogP contribution in [0.1, 0.15) is 12.0 Å². The van der Waals surface area contributed by atoms with Gasteiger partial charge in [0.2, 0.25) is 0 Å². The van der Waals surface area contributed by atoms with Gasteiger partial charge in [-0.15, -0.1) is 6.42 Å². The van der Waals surface area contributed by atoms with E-state index in [4.69, 9.17) is 16.9 Å². The zero-order valence-electron chi connectivity index (χ0n) is 16.6. The summed E-state index contributed by atoms with van der Waals surface area (Å²) in [6.45, 7) is 1.56. The summed E-state index contributed by atoms with van der Waals surface area (Å²) < 4.78 is 35.4. The molecule has 1 saturated heterocycles. The molecule has 0 spiro atoms. The van der Waals surface area contributed by atoms with Gasteiger partial charge in [-0.25, -0.2) is 18.7 Å². The van der Waals surface area contributed by atoms with Crippen LogP contribution in [-0.2, 0) is 0 Å². The quantitative estimate of drug-likeness (QED) is 0.402. The Hall–Kier alpha value is -3.99. The van der Waals surface area contributed by atoms with Crippen molar-refractivity contribution in [2.75, 3.05) is 30.8 Å². The largest absolute Gasteiger partial charge is 0.467 e. The van der Waals surface area contributed by atoms with Crippen molar-refractivity contribution >= 4 is 33.2 Å². The van der Waals surface area contributed by atoms with E-state index in [2.05, 4.69) is 20.9 Å². The average molecular weight is 417 g/mol. The fraction of sp³-hybridized carbons (Fsp3) is 0.174. The summed E-state index contributed by atoms with van der Waals surface area (Å²) in [7, 11) is 1.41. The van der Waals surface area contributed by atoms with Gasteiger partial charge in [-0.3, -0.25) is 0 Å². The minimum atomic E-state index is -0.681. The number of ether oxygens (including phenoxy) is 1. The van der Waals surface area contributed by atoms with E-state index >= 15 is 4.39 Å². The number of pyridine rings is 1. The van der Waals surface area contributed by atoms with E-state index in [0.29, 0.717) is 33.2 Å². The lowest BCUT2D eigenvalue weighted by Gasteiger charge is -2.33. The van der Waals surface area contributed by atoms with E-state index in [1.807, 2.05) is 4.90 Å². The first-order valence-corrected chi connectivity index (χ1v) is 9.65. The first kappa shape index (κ1) is 19.0. The molecule has 1 fully saturated rings. The highest BCUT2D eigenvalue weighted by Gasteiger charge is 2.26. The normalized spacial score (nSPS) is 13.3. The second-order valence-electron chi connectivity index (χ2n) is 7.29. The number of aromatic nitrogens is 3. The van der Waals surface area contributed by atoms with Crippen LogP contribution in [-0.4, -0.2) is 35.2 Å². The van der Waals surface area contributed by atoms with Gasteiger partial charge in [-0.2, -0.15) is 4.98 Å². The predicted octanol–water partition coefficient (Wildman–Crippen LogP) is 3.91. The number of rotatable bonds is 3. The smallest absolute Gasteiger partial charge is 0.316 e. The van der Waals surface area contributed by atoms with Crippen LogP contribution in [0.15, 0.2) is 30.5 Å². The monoisotopic (exact) mass is 417 g/mol. The van der Waals surface area contributed by atoms with Gasteiger partial charge in [-0.05, 0) is 30.0 Å². The Labute approximate surface area is 176 Å². The van der Waals surface area contributed by atoms with Gasteiger partial charge in [0.25, 0.3) is 0 Å². The number of hydrogen-bond donors (Lipinski definition) is 1. The van der Waals surface area contributed by atoms with Crippen molar-refractivity contribution in [2.45, 2.75) is 6.42 Å². The molecule has 6 nitrogen and oxygen atoms in total. The van der Waals surface area contributed by atoms with Crippen LogP contribution in [0, 0.1) is 24.0 Å². The van der Waals surface area contributed by atoms with Crippen LogP contribution >= 0.6 is 0 Å². The molecule has 31 heavy (non-hydrogen) atoms. The fourth-order valence-electron chi connectivity index (χ4n) is 3.86. The molecule has 0 bridgehead atoms. The van der Waals surface area contributed by atoms with E-state index in [1.165, 1.54) is 19.4 Å². The number of nitrogen functional groups attached to an aromatic ring is 1. The zero-order chi connectivity index (χ0) is 21.7. The molecule has 0 unspecified atom stereocenters. The molecule has 2 N–H and O–H groups in total. The first-order chi connectivity index (χ1) is 15.0. The van der Waals surface area contributed by atoms with Gasteiger partial charge in [0.15, 0.2) is 5.82 Å². The topological polar surface area (TPSA) is 77.2 Å². The van der Waals surface area contributed by atoms with Gasteiger partial charge < -0.3 is 15.4 Å². The highest BCUT2D eigenvalue weighted by molar-refractivity contribution is 6.04. The van der Waals surface area contributed by atoms with Crippen LogP contribution in [0.3, 0.4) is 0 Å². The molecular formula is C23H17F2N5O. The number of nitrogens with two attached hydrogens (primary N) is 1. The van der Waals surface area contributed by atoms with E-state index in [0.717, 1.165) is 19.5 Å². The molecule has 3 heterocycles. The summed E-state index contributed by atoms with van der Waals surface area (Å²) in [5, 5.41) is 1.44. The molecule has 5 rings (SSSR count). The molecule has 2 aromatic carbocycles. The van der Waals surface area contributed by atoms with Gasteiger partial charge in [0, 0.05) is 35.9 Å². The second kappa shape index (κ2) is 7.06. The maximum Gasteiger partial charge on any atom is 0.316 e. The minimum Gasteiger partial charge on any atom is -0.467 e. The van der Waals surface area contributed by atoms with Crippen molar-refractivity contribution in [3.8, 4) is 29.6 Å². The van der Waals surface area contributed by atoms with Crippen LogP contribution in [0.2, 0.25) is 0 Å². The van der Waals surface area contributed by atoms with Gasteiger partial charge in [-0.1, -0.05) is 12.0 Å². The van der Waals surface area contributed by atoms with Gasteiger partial charge >= 0.3 is 6.01 Å². The van der Waals surface area contributed by atoms with Crippen LogP contribution in [0.25, 0.3) is 32.9 Å². The minimum absolute atomic E-state index is 0.00504. The zero-order valence-corrected chi connectivity index (χ0v) is 16.6. The summed E-state index contributed by atoms with van der Waals surface area (Å²) in [6.07, 6.45) is 8.10. The highest BCUT2D eigenvalue weighted by Crippen LogP contribution is 2.39. The van der Waals surface area contributed by atoms with E-state index in [9.17, 15) is 4.39 Å². The second-order valence-corrected chi connectivity index (χ2v) is 7.29. The first-order valence-electron chi connectivity index (χ1n) is 9.65. The number of fused-ring (bicyclic) bond motifs is 2. The maximum atomic E-state index is 15.8. The highest BCUT2D eigenvalue weighted by atomic mass is 19.1. The molecular weight excluding hydrogens is 400 g/mol. The summed E-state index contributed by atoms with van der Waals surface area (Å²) in [4.78, 5) is 15.0. The van der Waals surface area contributed by atoms with Gasteiger partial charge in [0.05, 0.1) is 18.1 Å². The molecule has 0 atom stereocenters. The van der Waals surface area contributed by atoms with Crippen molar-refractivity contribution in [3.63, 3.8) is 0 Å². The predicted molar refractivity (Wildman–Crippen MR) is 116 cm³/mol. The molecule has 8 heteroatoms. The molecule has 0 amide bonds. The van der Waals surface area contributed by atoms with Gasteiger partial charge in [0.1, 0.15) is 22.8 Å². The van der Waals surface area contributed by atoms with Crippen molar-refractivity contribution in [2.24, 2.45) is 0 Å². The molecule has 1 aliphatic heterocycles. The number of hydrogen-bond acceptors (Lipinski definition) is 6. The Morgan fingerprint density at radius 3 is 2.68 bits per heavy atom. The lowest BCUT2D eigenvalue weighted by molar-refractivity contribution is 0.381. The Bertz CT molecular complexity index is 1410. The third-order valence-electron chi connectivity index (χ3n) is 5.47. The number of halogens is 2. The Morgan fingerprint density at radius 2 is 2.00 bits per heavy atom. The maximum absolute atomic E-state index is 15.8. The average Bonchev–Trinajstić information content (AvgIpc) is 2.73. The van der Waals surface area contributed by atoms with Crippen molar-refractivity contribution < 1.29 is 13.5 Å². The van der Waals surface area contributed by atoms with Crippen LogP contribution in [0.4, 0.5) is 20.3 Å². The third-order valence-corrected chi connectivity index (χ3v) is 5.47. The van der Waals surface area contributed by atoms with Crippen LogP contribution < -0.4 is 15.4 Å². The van der Waals surface area contributed by atoms with E-state index in [-0.39, 0.29) is 22.8 Å². The molecule has 0 radical (unpaired) electrons. The third kappa shape index (κ3) is 2.89. The SMILES string of the molecule is C#Cc1c(F)ccc2cc(N)cc(-c3nc(N4CCC4)c4cnc(OC)nc4c3F)c12. The van der Waals surface area contributed by atoms with E-state index < -0.39 is 11.6 Å². The summed E-state index contributed by atoms with van der Waals surface area (Å²) in [5.41, 5.74) is 6.85. The summed E-state index contributed by atoms with van der Waals surface area (Å²) in [6, 6.07) is 6.09. The van der Waals surface area contributed by atoms with Crippen molar-refractivity contribution in [3.05, 3.63) is 47.7 Å². The Morgan fingerprint density at radius 1 is 1.19 bits per heavy atom. The van der Waals surface area contributed by atoms with Crippen LogP contribution in [0.5, 0.6) is 6.01 Å². The van der Waals surface area contributed by atoms with Crippen molar-refractivity contribution in [1.29, 1.82) is 0 Å². The van der Waals surface area contributed by atoms with Crippen molar-refractivity contribution in [1.82, 2.24) is 15.0 Å². The molecule has 2 aromatic heterocycles. The fourth-order valence-corrected chi connectivity index (χ4v) is 3.86. The number of nitrogens with zero attached hydrogens (tertiary/aromatic N) is 4. The van der Waals surface area contributed by atoms with E-state index in [1.54, 1.807) is 18.2 Å². The Balaban J connectivity index is 1.92. The summed E-state index contributed by atoms with van der Waals surface area (Å²) in [5.74, 6) is 1.67. The summed E-state index contributed by atoms with van der Waals surface area (Å²) >= 11 is 0. The number of anilines is 2. The number of methoxy groups -OCH3 is 1.